The highest BCUT2D eigenvalue weighted by molar-refractivity contribution is 8.16. The number of nitrogens with one attached hydrogen (secondary N) is 1. The van der Waals surface area contributed by atoms with Crippen LogP contribution >= 0.6 is 11.8 Å². The third kappa shape index (κ3) is 2.67. The number of amidine groups is 1. The Morgan fingerprint density at radius 1 is 1.29 bits per heavy atom. The molecule has 17 heavy (non-hydrogen) atoms. The summed E-state index contributed by atoms with van der Waals surface area (Å²) in [4.78, 5) is 16.7. The van der Waals surface area contributed by atoms with Crippen LogP contribution in [0.5, 0.6) is 0 Å². The molecule has 0 bridgehead atoms. The molecule has 0 radical (unpaired) electrons. The van der Waals surface area contributed by atoms with Gasteiger partial charge >= 0.3 is 0 Å². The van der Waals surface area contributed by atoms with Gasteiger partial charge in [0, 0.05) is 0 Å². The molecule has 1 unspecified atom stereocenters. The molecule has 0 spiro atoms. The molecule has 1 saturated heterocycles. The van der Waals surface area contributed by atoms with E-state index in [1.807, 2.05) is 6.92 Å². The monoisotopic (exact) mass is 254 g/mol. The first-order valence-corrected chi connectivity index (χ1v) is 7.39. The number of thioether (sulfide) groups is 1. The van der Waals surface area contributed by atoms with Crippen molar-refractivity contribution in [2.45, 2.75) is 69.6 Å². The van der Waals surface area contributed by atoms with Gasteiger partial charge < -0.3 is 5.32 Å². The third-order valence-electron chi connectivity index (χ3n) is 4.00. The first-order chi connectivity index (χ1) is 7.97. The van der Waals surface area contributed by atoms with Crippen molar-refractivity contribution in [2.75, 3.05) is 0 Å². The van der Waals surface area contributed by atoms with Crippen molar-refractivity contribution in [2.24, 2.45) is 4.99 Å². The fraction of sp³-hybridized carbons (Fsp3) is 0.846. The number of aliphatic imine (C=N–C) groups is 1. The van der Waals surface area contributed by atoms with Crippen molar-refractivity contribution in [1.82, 2.24) is 5.32 Å². The molecule has 3 nitrogen and oxygen atoms in total. The van der Waals surface area contributed by atoms with Gasteiger partial charge in [0.15, 0.2) is 5.17 Å². The molecule has 1 aliphatic carbocycles. The molecule has 0 aromatic rings. The van der Waals surface area contributed by atoms with E-state index >= 15 is 0 Å². The Kier molecular flexibility index (Phi) is 3.53. The van der Waals surface area contributed by atoms with Crippen LogP contribution < -0.4 is 5.32 Å². The summed E-state index contributed by atoms with van der Waals surface area (Å²) in [6.07, 6.45) is 6.99. The zero-order valence-electron chi connectivity index (χ0n) is 11.0. The zero-order valence-corrected chi connectivity index (χ0v) is 11.8. The lowest BCUT2D eigenvalue weighted by atomic mass is 9.84. The Labute approximate surface area is 108 Å². The second kappa shape index (κ2) is 4.63. The number of carbonyl (C=O) groups excluding carboxylic acids is 1. The summed E-state index contributed by atoms with van der Waals surface area (Å²) in [5.74, 6) is 0.114. The highest BCUT2D eigenvalue weighted by Gasteiger charge is 2.42. The molecular formula is C13H22N2OS. The second-order valence-corrected chi connectivity index (χ2v) is 7.11. The molecule has 0 aromatic carbocycles. The highest BCUT2D eigenvalue weighted by Crippen LogP contribution is 2.37. The van der Waals surface area contributed by atoms with Crippen molar-refractivity contribution in [3.63, 3.8) is 0 Å². The van der Waals surface area contributed by atoms with Crippen LogP contribution in [0.15, 0.2) is 4.99 Å². The van der Waals surface area contributed by atoms with Crippen LogP contribution in [0.25, 0.3) is 0 Å². The Balaban J connectivity index is 2.11. The van der Waals surface area contributed by atoms with Gasteiger partial charge in [-0.05, 0) is 33.1 Å². The summed E-state index contributed by atoms with van der Waals surface area (Å²) in [7, 11) is 0. The van der Waals surface area contributed by atoms with Gasteiger partial charge in [-0.15, -0.1) is 0 Å². The van der Waals surface area contributed by atoms with Gasteiger partial charge in [0.25, 0.3) is 0 Å². The van der Waals surface area contributed by atoms with Gasteiger partial charge in [-0.1, -0.05) is 37.9 Å². The van der Waals surface area contributed by atoms with Gasteiger partial charge in [0.2, 0.25) is 5.91 Å². The van der Waals surface area contributed by atoms with Gasteiger partial charge in [0.1, 0.15) is 0 Å². The zero-order chi connectivity index (χ0) is 12.5. The van der Waals surface area contributed by atoms with Crippen LogP contribution in [0.3, 0.4) is 0 Å². The van der Waals surface area contributed by atoms with Gasteiger partial charge in [-0.3, -0.25) is 9.79 Å². The predicted molar refractivity (Wildman–Crippen MR) is 73.4 cm³/mol. The molecule has 2 rings (SSSR count). The molecule has 1 saturated carbocycles. The van der Waals surface area contributed by atoms with E-state index in [4.69, 9.17) is 4.99 Å². The highest BCUT2D eigenvalue weighted by atomic mass is 32.2. The standard InChI is InChI=1S/C13H22N2OS/c1-4-13(3)10(16)14-11(17-13)15-12(2)8-6-5-7-9-12/h4-9H2,1-3H3,(H,14,15,16). The number of carbonyl (C=O) groups is 1. The Morgan fingerprint density at radius 2 is 1.94 bits per heavy atom. The van der Waals surface area contributed by atoms with E-state index < -0.39 is 0 Å². The third-order valence-corrected chi connectivity index (χ3v) is 5.31. The normalized spacial score (nSPS) is 35.0. The molecule has 2 aliphatic rings. The minimum absolute atomic E-state index is 0.0485. The molecule has 1 aliphatic heterocycles. The van der Waals surface area contributed by atoms with Crippen molar-refractivity contribution in [3.05, 3.63) is 0 Å². The summed E-state index contributed by atoms with van der Waals surface area (Å²) in [6.45, 7) is 6.27. The minimum Gasteiger partial charge on any atom is -0.304 e. The molecular weight excluding hydrogens is 232 g/mol. The van der Waals surface area contributed by atoms with E-state index in [2.05, 4.69) is 19.2 Å². The quantitative estimate of drug-likeness (QED) is 0.822. The maximum Gasteiger partial charge on any atom is 0.242 e. The van der Waals surface area contributed by atoms with Crippen molar-refractivity contribution in [3.8, 4) is 0 Å². The van der Waals surface area contributed by atoms with Crippen LogP contribution in [-0.4, -0.2) is 21.4 Å². The maximum absolute atomic E-state index is 11.9. The molecule has 1 N–H and O–H groups in total. The summed E-state index contributed by atoms with van der Waals surface area (Å²) >= 11 is 1.60. The fourth-order valence-corrected chi connectivity index (χ4v) is 3.59. The molecule has 4 heteroatoms. The largest absolute Gasteiger partial charge is 0.304 e. The van der Waals surface area contributed by atoms with Crippen molar-refractivity contribution < 1.29 is 4.79 Å². The lowest BCUT2D eigenvalue weighted by Crippen LogP contribution is -2.34. The van der Waals surface area contributed by atoms with Crippen LogP contribution in [0.1, 0.15) is 59.3 Å². The number of hydrogen-bond acceptors (Lipinski definition) is 3. The number of rotatable bonds is 2. The van der Waals surface area contributed by atoms with Gasteiger partial charge in [-0.2, -0.15) is 0 Å². The van der Waals surface area contributed by atoms with Crippen LogP contribution in [-0.2, 0) is 4.79 Å². The van der Waals surface area contributed by atoms with E-state index in [0.717, 1.165) is 24.4 Å². The number of amides is 1. The average Bonchev–Trinajstić information content (AvgIpc) is 2.55. The maximum atomic E-state index is 11.9. The first kappa shape index (κ1) is 12.9. The van der Waals surface area contributed by atoms with Crippen LogP contribution in [0.2, 0.25) is 0 Å². The van der Waals surface area contributed by atoms with Crippen LogP contribution in [0.4, 0.5) is 0 Å². The van der Waals surface area contributed by atoms with E-state index in [0.29, 0.717) is 0 Å². The summed E-state index contributed by atoms with van der Waals surface area (Å²) in [6, 6.07) is 0. The minimum atomic E-state index is -0.316. The first-order valence-electron chi connectivity index (χ1n) is 6.58. The van der Waals surface area contributed by atoms with E-state index in [1.165, 1.54) is 19.3 Å². The van der Waals surface area contributed by atoms with Gasteiger partial charge in [0.05, 0.1) is 10.3 Å². The average molecular weight is 254 g/mol. The smallest absolute Gasteiger partial charge is 0.242 e. The molecule has 96 valence electrons. The van der Waals surface area contributed by atoms with E-state index in [-0.39, 0.29) is 16.2 Å². The lowest BCUT2D eigenvalue weighted by molar-refractivity contribution is -0.121. The SMILES string of the molecule is CCC1(C)SC(=NC2(C)CCCCC2)NC1=O. The summed E-state index contributed by atoms with van der Waals surface area (Å²) in [5, 5.41) is 3.78. The molecule has 1 heterocycles. The summed E-state index contributed by atoms with van der Waals surface area (Å²) in [5.41, 5.74) is 0.0485. The molecule has 1 atom stereocenters. The van der Waals surface area contributed by atoms with Crippen molar-refractivity contribution in [1.29, 1.82) is 0 Å². The Morgan fingerprint density at radius 3 is 2.47 bits per heavy atom. The molecule has 1 amide bonds. The topological polar surface area (TPSA) is 41.5 Å². The Hall–Kier alpha value is -0.510. The summed E-state index contributed by atoms with van der Waals surface area (Å²) < 4.78 is -0.316. The van der Waals surface area contributed by atoms with E-state index in [9.17, 15) is 4.79 Å². The second-order valence-electron chi connectivity index (χ2n) is 5.62. The predicted octanol–water partition coefficient (Wildman–Crippen LogP) is 3.10. The van der Waals surface area contributed by atoms with Crippen molar-refractivity contribution >= 4 is 22.8 Å². The fourth-order valence-electron chi connectivity index (χ4n) is 2.47. The van der Waals surface area contributed by atoms with Gasteiger partial charge in [-0.25, -0.2) is 0 Å². The molecule has 2 fully saturated rings. The van der Waals surface area contributed by atoms with Crippen LogP contribution in [0, 0.1) is 0 Å². The molecule has 0 aromatic heterocycles. The Bertz CT molecular complexity index is 347. The number of nitrogens with zero attached hydrogens (tertiary/aromatic N) is 1. The number of hydrogen-bond donors (Lipinski definition) is 1. The lowest BCUT2D eigenvalue weighted by Gasteiger charge is -2.29. The van der Waals surface area contributed by atoms with E-state index in [1.54, 1.807) is 11.8 Å².